The van der Waals surface area contributed by atoms with Gasteiger partial charge < -0.3 is 9.47 Å². The zero-order valence-electron chi connectivity index (χ0n) is 20.2. The van der Waals surface area contributed by atoms with Crippen molar-refractivity contribution in [3.8, 4) is 11.5 Å². The molecule has 0 amide bonds. The van der Waals surface area contributed by atoms with E-state index in [1.165, 1.54) is 50.6 Å². The van der Waals surface area contributed by atoms with Crippen LogP contribution < -0.4 is 9.47 Å². The highest BCUT2D eigenvalue weighted by Gasteiger charge is 2.34. The number of ether oxygens (including phenoxy) is 2. The molecule has 0 aromatic heterocycles. The fraction of sp³-hybridized carbons (Fsp3) is 0.143. The van der Waals surface area contributed by atoms with Crippen LogP contribution >= 0.6 is 58.2 Å². The summed E-state index contributed by atoms with van der Waals surface area (Å²) in [5, 5.41) is -2.63. The highest BCUT2D eigenvalue weighted by molar-refractivity contribution is 8.00. The van der Waals surface area contributed by atoms with E-state index in [9.17, 15) is 0 Å². The van der Waals surface area contributed by atoms with E-state index in [2.05, 4.69) is 0 Å². The van der Waals surface area contributed by atoms with Gasteiger partial charge in [-0.3, -0.25) is 0 Å². The second kappa shape index (κ2) is 12.5. The number of halogens is 8. The molecule has 4 aromatic rings. The summed E-state index contributed by atoms with van der Waals surface area (Å²) in [7, 11) is 2.76. The average Bonchev–Trinajstić information content (AvgIpc) is 2.90. The molecule has 0 saturated carbocycles. The maximum Gasteiger partial charge on any atom is 0.138 e. The zero-order valence-corrected chi connectivity index (χ0v) is 24.0. The highest BCUT2D eigenvalue weighted by atomic mass is 35.5. The van der Waals surface area contributed by atoms with Crippen molar-refractivity contribution in [1.82, 2.24) is 0 Å². The van der Waals surface area contributed by atoms with Gasteiger partial charge >= 0.3 is 0 Å². The van der Waals surface area contributed by atoms with Crippen LogP contribution in [0.2, 0.25) is 20.1 Å². The normalized spacial score (nSPS) is 12.8. The molecule has 2 atom stereocenters. The van der Waals surface area contributed by atoms with Gasteiger partial charge in [-0.25, -0.2) is 17.6 Å². The van der Waals surface area contributed by atoms with Crippen molar-refractivity contribution in [1.29, 1.82) is 0 Å². The van der Waals surface area contributed by atoms with Gasteiger partial charge in [0.2, 0.25) is 0 Å². The number of thioether (sulfide) groups is 1. The smallest absolute Gasteiger partial charge is 0.138 e. The Morgan fingerprint density at radius 1 is 0.538 bits per heavy atom. The second-order valence-corrected chi connectivity index (χ2v) is 10.9. The molecule has 11 heteroatoms. The predicted molar refractivity (Wildman–Crippen MR) is 150 cm³/mol. The largest absolute Gasteiger partial charge is 0.495 e. The Hall–Kier alpha value is -2.29. The van der Waals surface area contributed by atoms with E-state index < -0.39 is 44.9 Å². The minimum atomic E-state index is -1.26. The third kappa shape index (κ3) is 5.79. The molecule has 0 aliphatic rings. The molecule has 0 heterocycles. The third-order valence-electron chi connectivity index (χ3n) is 5.95. The zero-order chi connectivity index (χ0) is 28.4. The predicted octanol–water partition coefficient (Wildman–Crippen LogP) is 10.5. The van der Waals surface area contributed by atoms with Gasteiger partial charge in [0, 0.05) is 11.1 Å². The van der Waals surface area contributed by atoms with Crippen molar-refractivity contribution in [3.05, 3.63) is 126 Å². The van der Waals surface area contributed by atoms with E-state index >= 15 is 17.6 Å². The maximum absolute atomic E-state index is 15.3. The fourth-order valence-electron chi connectivity index (χ4n) is 4.07. The third-order valence-corrected chi connectivity index (χ3v) is 9.24. The van der Waals surface area contributed by atoms with Gasteiger partial charge in [0.25, 0.3) is 0 Å². The van der Waals surface area contributed by atoms with E-state index in [0.717, 1.165) is 36.0 Å². The van der Waals surface area contributed by atoms with Crippen LogP contribution in [-0.4, -0.2) is 14.2 Å². The van der Waals surface area contributed by atoms with Crippen molar-refractivity contribution in [2.24, 2.45) is 0 Å². The monoisotopic (exact) mass is 634 g/mol. The number of rotatable bonds is 8. The molecule has 0 spiro atoms. The molecular weight excluding hydrogens is 618 g/mol. The molecule has 4 aromatic carbocycles. The van der Waals surface area contributed by atoms with Crippen molar-refractivity contribution in [2.45, 2.75) is 10.5 Å². The molecule has 2 unspecified atom stereocenters. The highest BCUT2D eigenvalue weighted by Crippen LogP contribution is 2.54. The van der Waals surface area contributed by atoms with Crippen LogP contribution in [-0.2, 0) is 0 Å². The Kier molecular flexibility index (Phi) is 9.50. The maximum atomic E-state index is 15.3. The Morgan fingerprint density at radius 3 is 1.18 bits per heavy atom. The van der Waals surface area contributed by atoms with Crippen molar-refractivity contribution >= 4 is 58.2 Å². The summed E-state index contributed by atoms with van der Waals surface area (Å²) in [4.78, 5) is 0. The second-order valence-electron chi connectivity index (χ2n) is 8.14. The molecule has 39 heavy (non-hydrogen) atoms. The van der Waals surface area contributed by atoms with E-state index in [-0.39, 0.29) is 42.7 Å². The molecule has 2 nitrogen and oxygen atoms in total. The molecular formula is C28H18Cl4F4O2S. The summed E-state index contributed by atoms with van der Waals surface area (Å²) in [6, 6.07) is 12.6. The molecule has 0 radical (unpaired) electrons. The average molecular weight is 636 g/mol. The molecule has 0 saturated heterocycles. The molecule has 0 fully saturated rings. The van der Waals surface area contributed by atoms with E-state index in [0.29, 0.717) is 0 Å². The Bertz CT molecular complexity index is 1380. The first-order chi connectivity index (χ1) is 18.6. The van der Waals surface area contributed by atoms with Crippen molar-refractivity contribution in [2.75, 3.05) is 14.2 Å². The quantitative estimate of drug-likeness (QED) is 0.179. The number of hydrogen-bond acceptors (Lipinski definition) is 3. The molecule has 0 N–H and O–H groups in total. The lowest BCUT2D eigenvalue weighted by Gasteiger charge is -2.28. The number of hydrogen-bond donors (Lipinski definition) is 0. The van der Waals surface area contributed by atoms with Crippen LogP contribution in [0.15, 0.2) is 60.7 Å². The standard InChI is InChI=1S/C28H18Cl4F4O2S/c1-37-19-11-9-13(23(29)25(19)31)27(21-15(33)5-3-6-16(21)34)39-28(22-17(35)7-4-8-18(22)36)14-10-12-20(38-2)26(32)24(14)30/h3-12,27-28H,1-2H3. The first-order valence-corrected chi connectivity index (χ1v) is 13.6. The SMILES string of the molecule is COc1ccc(C(SC(c2ccc(OC)c(Cl)c2Cl)c2c(F)cccc2F)c2c(F)cccc2F)c(Cl)c1Cl. The summed E-state index contributed by atoms with van der Waals surface area (Å²) in [5.41, 5.74) is -0.450. The van der Waals surface area contributed by atoms with Gasteiger partial charge in [0.1, 0.15) is 44.8 Å². The number of benzene rings is 4. The minimum absolute atomic E-state index is 0.00170. The topological polar surface area (TPSA) is 18.5 Å². The lowest BCUT2D eigenvalue weighted by Crippen LogP contribution is -2.11. The summed E-state index contributed by atoms with van der Waals surface area (Å²) in [6.45, 7) is 0. The first kappa shape index (κ1) is 29.7. The summed E-state index contributed by atoms with van der Waals surface area (Å²) in [5.74, 6) is -3.15. The van der Waals surface area contributed by atoms with Gasteiger partial charge in [-0.05, 0) is 47.5 Å². The van der Waals surface area contributed by atoms with Crippen LogP contribution in [0.25, 0.3) is 0 Å². The first-order valence-electron chi connectivity index (χ1n) is 11.2. The summed E-state index contributed by atoms with van der Waals surface area (Å²) >= 11 is 26.7. The van der Waals surface area contributed by atoms with Gasteiger partial charge in [-0.1, -0.05) is 70.7 Å². The Balaban J connectivity index is 2.02. The Morgan fingerprint density at radius 2 is 0.872 bits per heavy atom. The van der Waals surface area contributed by atoms with Gasteiger partial charge in [0.15, 0.2) is 0 Å². The lowest BCUT2D eigenvalue weighted by molar-refractivity contribution is 0.415. The van der Waals surface area contributed by atoms with E-state index in [4.69, 9.17) is 55.9 Å². The van der Waals surface area contributed by atoms with Gasteiger partial charge in [-0.15, -0.1) is 11.8 Å². The lowest BCUT2D eigenvalue weighted by atomic mass is 10.0. The molecule has 0 bridgehead atoms. The molecule has 0 aliphatic carbocycles. The summed E-state index contributed by atoms with van der Waals surface area (Å²) < 4.78 is 71.4. The molecule has 4 rings (SSSR count). The van der Waals surface area contributed by atoms with Crippen molar-refractivity contribution in [3.63, 3.8) is 0 Å². The van der Waals surface area contributed by atoms with Gasteiger partial charge in [-0.2, -0.15) is 0 Å². The Labute approximate surface area is 246 Å². The van der Waals surface area contributed by atoms with Gasteiger partial charge in [0.05, 0.1) is 34.8 Å². The molecule has 0 aliphatic heterocycles. The fourth-order valence-corrected chi connectivity index (χ4v) is 6.90. The van der Waals surface area contributed by atoms with Crippen LogP contribution in [0.3, 0.4) is 0 Å². The van der Waals surface area contributed by atoms with Crippen LogP contribution in [0, 0.1) is 23.3 Å². The molecule has 204 valence electrons. The van der Waals surface area contributed by atoms with Crippen molar-refractivity contribution < 1.29 is 27.0 Å². The van der Waals surface area contributed by atoms with Crippen LogP contribution in [0.5, 0.6) is 11.5 Å². The van der Waals surface area contributed by atoms with E-state index in [1.807, 2.05) is 0 Å². The summed E-state index contributed by atoms with van der Waals surface area (Å²) in [6.07, 6.45) is 0. The van der Waals surface area contributed by atoms with Crippen LogP contribution in [0.1, 0.15) is 32.8 Å². The minimum Gasteiger partial charge on any atom is -0.495 e. The number of methoxy groups -OCH3 is 2. The van der Waals surface area contributed by atoms with E-state index in [1.54, 1.807) is 0 Å². The van der Waals surface area contributed by atoms with Crippen LogP contribution in [0.4, 0.5) is 17.6 Å².